The van der Waals surface area contributed by atoms with Crippen LogP contribution in [0.2, 0.25) is 0 Å². The minimum atomic E-state index is 0. The zero-order valence-electron chi connectivity index (χ0n) is 7.60. The standard InChI is InChI=1S/C9H19N.ClH/c1-4-6-8-10-9(3)7-5-2;/h5,9-10H,2,4,6-8H2,1,3H3;1H. The van der Waals surface area contributed by atoms with E-state index >= 15 is 0 Å². The summed E-state index contributed by atoms with van der Waals surface area (Å²) in [7, 11) is 0. The van der Waals surface area contributed by atoms with Crippen LogP contribution in [-0.2, 0) is 0 Å². The molecular formula is C9H20ClN. The SMILES string of the molecule is C=CCC(C)NCCCC.Cl. The molecule has 0 amide bonds. The van der Waals surface area contributed by atoms with Crippen LogP contribution in [0.1, 0.15) is 33.1 Å². The van der Waals surface area contributed by atoms with E-state index in [4.69, 9.17) is 0 Å². The lowest BCUT2D eigenvalue weighted by Gasteiger charge is -2.09. The van der Waals surface area contributed by atoms with E-state index in [1.165, 1.54) is 12.8 Å². The van der Waals surface area contributed by atoms with Crippen LogP contribution >= 0.6 is 12.4 Å². The second kappa shape index (κ2) is 9.99. The third-order valence-electron chi connectivity index (χ3n) is 1.54. The highest BCUT2D eigenvalue weighted by molar-refractivity contribution is 5.85. The minimum Gasteiger partial charge on any atom is -0.314 e. The number of nitrogens with one attached hydrogen (secondary N) is 1. The lowest BCUT2D eigenvalue weighted by atomic mass is 10.2. The summed E-state index contributed by atoms with van der Waals surface area (Å²) in [6, 6.07) is 0.601. The van der Waals surface area contributed by atoms with Gasteiger partial charge in [-0.2, -0.15) is 0 Å². The summed E-state index contributed by atoms with van der Waals surface area (Å²) in [4.78, 5) is 0. The normalized spacial score (nSPS) is 11.8. The van der Waals surface area contributed by atoms with Gasteiger partial charge < -0.3 is 5.32 Å². The molecule has 0 spiro atoms. The molecule has 0 bridgehead atoms. The van der Waals surface area contributed by atoms with Crippen LogP contribution in [0.5, 0.6) is 0 Å². The molecule has 0 aromatic rings. The number of hydrogen-bond acceptors (Lipinski definition) is 1. The van der Waals surface area contributed by atoms with Gasteiger partial charge in [-0.1, -0.05) is 19.4 Å². The Morgan fingerprint density at radius 1 is 1.55 bits per heavy atom. The molecule has 68 valence electrons. The highest BCUT2D eigenvalue weighted by Crippen LogP contribution is 1.91. The van der Waals surface area contributed by atoms with Crippen molar-refractivity contribution in [1.29, 1.82) is 0 Å². The Bertz CT molecular complexity index is 83.6. The molecule has 0 aromatic heterocycles. The largest absolute Gasteiger partial charge is 0.314 e. The van der Waals surface area contributed by atoms with Crippen LogP contribution in [0.3, 0.4) is 0 Å². The molecule has 11 heavy (non-hydrogen) atoms. The van der Waals surface area contributed by atoms with Crippen molar-refractivity contribution in [3.8, 4) is 0 Å². The lowest BCUT2D eigenvalue weighted by molar-refractivity contribution is 0.538. The van der Waals surface area contributed by atoms with Crippen LogP contribution in [0.15, 0.2) is 12.7 Å². The predicted octanol–water partition coefficient (Wildman–Crippen LogP) is 2.76. The summed E-state index contributed by atoms with van der Waals surface area (Å²) in [6.07, 6.45) is 5.59. The van der Waals surface area contributed by atoms with Crippen molar-refractivity contribution in [3.63, 3.8) is 0 Å². The summed E-state index contributed by atoms with van der Waals surface area (Å²) in [5, 5.41) is 3.41. The molecule has 0 aliphatic heterocycles. The van der Waals surface area contributed by atoms with E-state index in [9.17, 15) is 0 Å². The molecule has 0 heterocycles. The first kappa shape index (κ1) is 13.6. The Balaban J connectivity index is 0. The van der Waals surface area contributed by atoms with E-state index in [2.05, 4.69) is 25.7 Å². The van der Waals surface area contributed by atoms with Crippen LogP contribution in [-0.4, -0.2) is 12.6 Å². The van der Waals surface area contributed by atoms with Gasteiger partial charge in [0.15, 0.2) is 0 Å². The van der Waals surface area contributed by atoms with Crippen LogP contribution in [0, 0.1) is 0 Å². The third kappa shape index (κ3) is 9.99. The first-order valence-electron chi connectivity index (χ1n) is 4.15. The molecule has 0 saturated heterocycles. The second-order valence-electron chi connectivity index (χ2n) is 2.73. The topological polar surface area (TPSA) is 12.0 Å². The smallest absolute Gasteiger partial charge is 0.00731 e. The number of rotatable bonds is 6. The maximum Gasteiger partial charge on any atom is 0.00731 e. The zero-order chi connectivity index (χ0) is 7.82. The molecule has 0 saturated carbocycles. The number of halogens is 1. The van der Waals surface area contributed by atoms with Crippen LogP contribution in [0.4, 0.5) is 0 Å². The Labute approximate surface area is 76.7 Å². The van der Waals surface area contributed by atoms with Crippen molar-refractivity contribution in [3.05, 3.63) is 12.7 Å². The second-order valence-corrected chi connectivity index (χ2v) is 2.73. The maximum absolute atomic E-state index is 3.69. The van der Waals surface area contributed by atoms with E-state index in [1.54, 1.807) is 0 Å². The van der Waals surface area contributed by atoms with E-state index < -0.39 is 0 Å². The Kier molecular flexibility index (Phi) is 12.3. The molecule has 1 unspecified atom stereocenters. The molecule has 1 N–H and O–H groups in total. The van der Waals surface area contributed by atoms with Gasteiger partial charge in [0, 0.05) is 6.04 Å². The van der Waals surface area contributed by atoms with Gasteiger partial charge in [0.2, 0.25) is 0 Å². The summed E-state index contributed by atoms with van der Waals surface area (Å²) in [5.74, 6) is 0. The molecule has 2 heteroatoms. The van der Waals surface area contributed by atoms with Gasteiger partial charge in [-0.25, -0.2) is 0 Å². The quantitative estimate of drug-likeness (QED) is 0.486. The first-order valence-corrected chi connectivity index (χ1v) is 4.15. The van der Waals surface area contributed by atoms with Crippen molar-refractivity contribution >= 4 is 12.4 Å². The molecule has 0 aliphatic carbocycles. The molecule has 0 aliphatic rings. The van der Waals surface area contributed by atoms with Gasteiger partial charge in [-0.15, -0.1) is 19.0 Å². The molecular weight excluding hydrogens is 158 g/mol. The van der Waals surface area contributed by atoms with Crippen molar-refractivity contribution < 1.29 is 0 Å². The molecule has 0 radical (unpaired) electrons. The third-order valence-corrected chi connectivity index (χ3v) is 1.54. The summed E-state index contributed by atoms with van der Waals surface area (Å²) in [5.41, 5.74) is 0. The highest BCUT2D eigenvalue weighted by atomic mass is 35.5. The Morgan fingerprint density at radius 3 is 2.64 bits per heavy atom. The fourth-order valence-electron chi connectivity index (χ4n) is 0.859. The zero-order valence-corrected chi connectivity index (χ0v) is 8.41. The van der Waals surface area contributed by atoms with Gasteiger partial charge in [0.05, 0.1) is 0 Å². The van der Waals surface area contributed by atoms with Gasteiger partial charge in [0.25, 0.3) is 0 Å². The van der Waals surface area contributed by atoms with E-state index in [0.29, 0.717) is 6.04 Å². The molecule has 1 atom stereocenters. The number of hydrogen-bond donors (Lipinski definition) is 1. The summed E-state index contributed by atoms with van der Waals surface area (Å²) < 4.78 is 0. The van der Waals surface area contributed by atoms with Crippen molar-refractivity contribution in [2.45, 2.75) is 39.2 Å². The molecule has 1 nitrogen and oxygen atoms in total. The van der Waals surface area contributed by atoms with Gasteiger partial charge in [-0.3, -0.25) is 0 Å². The van der Waals surface area contributed by atoms with Crippen molar-refractivity contribution in [1.82, 2.24) is 5.32 Å². The van der Waals surface area contributed by atoms with E-state index in [-0.39, 0.29) is 12.4 Å². The van der Waals surface area contributed by atoms with Gasteiger partial charge >= 0.3 is 0 Å². The molecule has 0 fully saturated rings. The highest BCUT2D eigenvalue weighted by Gasteiger charge is 1.94. The first-order chi connectivity index (χ1) is 4.81. The van der Waals surface area contributed by atoms with E-state index in [0.717, 1.165) is 13.0 Å². The van der Waals surface area contributed by atoms with Gasteiger partial charge in [0.1, 0.15) is 0 Å². The predicted molar refractivity (Wildman–Crippen MR) is 54.4 cm³/mol. The minimum absolute atomic E-state index is 0. The lowest BCUT2D eigenvalue weighted by Crippen LogP contribution is -2.26. The average molecular weight is 178 g/mol. The molecule has 0 rings (SSSR count). The van der Waals surface area contributed by atoms with Crippen molar-refractivity contribution in [2.75, 3.05) is 6.54 Å². The summed E-state index contributed by atoms with van der Waals surface area (Å²) >= 11 is 0. The Morgan fingerprint density at radius 2 is 2.18 bits per heavy atom. The number of unbranched alkanes of at least 4 members (excludes halogenated alkanes) is 1. The molecule has 0 aromatic carbocycles. The Hall–Kier alpha value is -0.0100. The van der Waals surface area contributed by atoms with Gasteiger partial charge in [-0.05, 0) is 26.3 Å². The fraction of sp³-hybridized carbons (Fsp3) is 0.778. The maximum atomic E-state index is 3.69. The van der Waals surface area contributed by atoms with E-state index in [1.807, 2.05) is 6.08 Å². The van der Waals surface area contributed by atoms with Crippen LogP contribution < -0.4 is 5.32 Å². The van der Waals surface area contributed by atoms with Crippen LogP contribution in [0.25, 0.3) is 0 Å². The fourth-order valence-corrected chi connectivity index (χ4v) is 0.859. The van der Waals surface area contributed by atoms with Crippen molar-refractivity contribution in [2.24, 2.45) is 0 Å². The average Bonchev–Trinajstić information content (AvgIpc) is 1.89. The summed E-state index contributed by atoms with van der Waals surface area (Å²) in [6.45, 7) is 9.23. The monoisotopic (exact) mass is 177 g/mol.